The SMILES string of the molecule is CCCN(CC(=O)OCC)C(=O)C1(CC)CCCC1. The number of esters is 1. The van der Waals surface area contributed by atoms with Gasteiger partial charge in [-0.3, -0.25) is 9.59 Å². The second kappa shape index (κ2) is 7.51. The van der Waals surface area contributed by atoms with Crippen LogP contribution < -0.4 is 0 Å². The maximum atomic E-state index is 12.7. The molecule has 0 aromatic heterocycles. The molecule has 0 N–H and O–H groups in total. The molecule has 0 aromatic carbocycles. The smallest absolute Gasteiger partial charge is 0.325 e. The lowest BCUT2D eigenvalue weighted by molar-refractivity contribution is -0.153. The molecule has 0 saturated heterocycles. The Morgan fingerprint density at radius 3 is 2.26 bits per heavy atom. The van der Waals surface area contributed by atoms with Gasteiger partial charge in [-0.05, 0) is 32.6 Å². The third-order valence-corrected chi connectivity index (χ3v) is 4.10. The minimum absolute atomic E-state index is 0.0995. The number of hydrogen-bond acceptors (Lipinski definition) is 3. The van der Waals surface area contributed by atoms with E-state index in [0.29, 0.717) is 13.2 Å². The van der Waals surface area contributed by atoms with Gasteiger partial charge in [0.2, 0.25) is 5.91 Å². The van der Waals surface area contributed by atoms with Crippen LogP contribution in [0.5, 0.6) is 0 Å². The summed E-state index contributed by atoms with van der Waals surface area (Å²) in [4.78, 5) is 26.1. The van der Waals surface area contributed by atoms with Crippen LogP contribution in [0.15, 0.2) is 0 Å². The second-order valence-corrected chi connectivity index (χ2v) is 5.37. The van der Waals surface area contributed by atoms with Crippen LogP contribution in [-0.2, 0) is 14.3 Å². The molecule has 1 fully saturated rings. The van der Waals surface area contributed by atoms with E-state index in [1.54, 1.807) is 11.8 Å². The quantitative estimate of drug-likeness (QED) is 0.668. The number of ether oxygens (including phenoxy) is 1. The summed E-state index contributed by atoms with van der Waals surface area (Å²) < 4.78 is 4.97. The summed E-state index contributed by atoms with van der Waals surface area (Å²) in [7, 11) is 0. The van der Waals surface area contributed by atoms with E-state index in [9.17, 15) is 9.59 Å². The lowest BCUT2D eigenvalue weighted by Gasteiger charge is -2.33. The molecule has 0 atom stereocenters. The molecule has 19 heavy (non-hydrogen) atoms. The Balaban J connectivity index is 2.73. The van der Waals surface area contributed by atoms with Gasteiger partial charge in [0.15, 0.2) is 0 Å². The van der Waals surface area contributed by atoms with Gasteiger partial charge >= 0.3 is 5.97 Å². The van der Waals surface area contributed by atoms with Gasteiger partial charge < -0.3 is 9.64 Å². The first-order valence-electron chi connectivity index (χ1n) is 7.54. The van der Waals surface area contributed by atoms with Crippen molar-refractivity contribution in [1.82, 2.24) is 4.90 Å². The summed E-state index contributed by atoms with van der Waals surface area (Å²) in [6.07, 6.45) is 5.91. The minimum Gasteiger partial charge on any atom is -0.465 e. The molecule has 110 valence electrons. The predicted molar refractivity (Wildman–Crippen MR) is 74.7 cm³/mol. The molecule has 0 aromatic rings. The Kier molecular flexibility index (Phi) is 6.32. The van der Waals surface area contributed by atoms with Crippen molar-refractivity contribution >= 4 is 11.9 Å². The number of carbonyl (C=O) groups excluding carboxylic acids is 2. The number of nitrogens with zero attached hydrogens (tertiary/aromatic N) is 1. The normalized spacial score (nSPS) is 17.2. The summed E-state index contributed by atoms with van der Waals surface area (Å²) >= 11 is 0. The number of amides is 1. The Morgan fingerprint density at radius 1 is 1.16 bits per heavy atom. The molecule has 0 bridgehead atoms. The first kappa shape index (κ1) is 16.0. The molecule has 0 aliphatic heterocycles. The maximum Gasteiger partial charge on any atom is 0.325 e. The number of rotatable bonds is 7. The van der Waals surface area contributed by atoms with Gasteiger partial charge in [0, 0.05) is 12.0 Å². The zero-order valence-electron chi connectivity index (χ0n) is 12.5. The van der Waals surface area contributed by atoms with E-state index >= 15 is 0 Å². The Bertz CT molecular complexity index is 309. The summed E-state index contributed by atoms with van der Waals surface area (Å²) in [6.45, 7) is 7.00. The largest absolute Gasteiger partial charge is 0.465 e. The molecule has 1 aliphatic rings. The number of hydrogen-bond donors (Lipinski definition) is 0. The van der Waals surface area contributed by atoms with Crippen molar-refractivity contribution in [3.8, 4) is 0 Å². The molecule has 1 saturated carbocycles. The van der Waals surface area contributed by atoms with Gasteiger partial charge in [-0.1, -0.05) is 26.7 Å². The van der Waals surface area contributed by atoms with Crippen molar-refractivity contribution in [3.05, 3.63) is 0 Å². The first-order valence-corrected chi connectivity index (χ1v) is 7.54. The Hall–Kier alpha value is -1.06. The average Bonchev–Trinajstić information content (AvgIpc) is 2.87. The van der Waals surface area contributed by atoms with Gasteiger partial charge in [0.25, 0.3) is 0 Å². The van der Waals surface area contributed by atoms with Crippen LogP contribution in [0.3, 0.4) is 0 Å². The van der Waals surface area contributed by atoms with Crippen LogP contribution in [-0.4, -0.2) is 36.5 Å². The van der Waals surface area contributed by atoms with Crippen LogP contribution in [0.25, 0.3) is 0 Å². The lowest BCUT2D eigenvalue weighted by atomic mass is 9.82. The van der Waals surface area contributed by atoms with Crippen LogP contribution in [0, 0.1) is 5.41 Å². The highest BCUT2D eigenvalue weighted by Gasteiger charge is 2.42. The van der Waals surface area contributed by atoms with Crippen molar-refractivity contribution in [3.63, 3.8) is 0 Å². The summed E-state index contributed by atoms with van der Waals surface area (Å²) in [5.41, 5.74) is -0.221. The molecule has 1 aliphatic carbocycles. The van der Waals surface area contributed by atoms with E-state index in [-0.39, 0.29) is 23.8 Å². The summed E-state index contributed by atoms with van der Waals surface area (Å²) in [5.74, 6) is -0.143. The molecule has 0 heterocycles. The van der Waals surface area contributed by atoms with Gasteiger partial charge in [-0.2, -0.15) is 0 Å². The van der Waals surface area contributed by atoms with E-state index < -0.39 is 0 Å². The van der Waals surface area contributed by atoms with Gasteiger partial charge in [-0.15, -0.1) is 0 Å². The highest BCUT2D eigenvalue weighted by atomic mass is 16.5. The molecular formula is C15H27NO3. The molecule has 1 amide bonds. The maximum absolute atomic E-state index is 12.7. The van der Waals surface area contributed by atoms with Crippen molar-refractivity contribution in [2.45, 2.75) is 59.3 Å². The standard InChI is InChI=1S/C15H27NO3/c1-4-11-16(12-13(17)19-6-3)14(18)15(5-2)9-7-8-10-15/h4-12H2,1-3H3. The topological polar surface area (TPSA) is 46.6 Å². The molecule has 4 heteroatoms. The predicted octanol–water partition coefficient (Wildman–Crippen LogP) is 2.76. The third-order valence-electron chi connectivity index (χ3n) is 4.10. The van der Waals surface area contributed by atoms with E-state index in [0.717, 1.165) is 38.5 Å². The molecule has 0 spiro atoms. The van der Waals surface area contributed by atoms with Crippen molar-refractivity contribution in [2.24, 2.45) is 5.41 Å². The van der Waals surface area contributed by atoms with E-state index in [1.807, 2.05) is 6.92 Å². The average molecular weight is 269 g/mol. The van der Waals surface area contributed by atoms with Crippen LogP contribution >= 0.6 is 0 Å². The van der Waals surface area contributed by atoms with Crippen molar-refractivity contribution in [1.29, 1.82) is 0 Å². The zero-order chi connectivity index (χ0) is 14.3. The van der Waals surface area contributed by atoms with Crippen molar-refractivity contribution in [2.75, 3.05) is 19.7 Å². The Morgan fingerprint density at radius 2 is 1.79 bits per heavy atom. The van der Waals surface area contributed by atoms with Gasteiger partial charge in [0.1, 0.15) is 6.54 Å². The van der Waals surface area contributed by atoms with Crippen LogP contribution in [0.2, 0.25) is 0 Å². The molecule has 0 radical (unpaired) electrons. The van der Waals surface area contributed by atoms with E-state index in [1.165, 1.54) is 0 Å². The Labute approximate surface area is 116 Å². The summed E-state index contributed by atoms with van der Waals surface area (Å²) in [6, 6.07) is 0. The van der Waals surface area contributed by atoms with E-state index in [4.69, 9.17) is 4.74 Å². The molecule has 1 rings (SSSR count). The lowest BCUT2D eigenvalue weighted by Crippen LogP contribution is -2.45. The molecular weight excluding hydrogens is 242 g/mol. The monoisotopic (exact) mass is 269 g/mol. The zero-order valence-corrected chi connectivity index (χ0v) is 12.5. The second-order valence-electron chi connectivity index (χ2n) is 5.37. The fraction of sp³-hybridized carbons (Fsp3) is 0.867. The first-order chi connectivity index (χ1) is 9.09. The summed E-state index contributed by atoms with van der Waals surface area (Å²) in [5, 5.41) is 0. The number of carbonyl (C=O) groups is 2. The van der Waals surface area contributed by atoms with Gasteiger partial charge in [-0.25, -0.2) is 0 Å². The molecule has 4 nitrogen and oxygen atoms in total. The fourth-order valence-electron chi connectivity index (χ4n) is 2.99. The van der Waals surface area contributed by atoms with Crippen LogP contribution in [0.4, 0.5) is 0 Å². The molecule has 0 unspecified atom stereocenters. The fourth-order valence-corrected chi connectivity index (χ4v) is 2.99. The third kappa shape index (κ3) is 3.95. The van der Waals surface area contributed by atoms with E-state index in [2.05, 4.69) is 6.92 Å². The van der Waals surface area contributed by atoms with Crippen molar-refractivity contribution < 1.29 is 14.3 Å². The highest BCUT2D eigenvalue weighted by molar-refractivity contribution is 5.86. The van der Waals surface area contributed by atoms with Crippen LogP contribution in [0.1, 0.15) is 59.3 Å². The van der Waals surface area contributed by atoms with Gasteiger partial charge in [0.05, 0.1) is 6.61 Å². The minimum atomic E-state index is -0.298. The highest BCUT2D eigenvalue weighted by Crippen LogP contribution is 2.42.